The van der Waals surface area contributed by atoms with Gasteiger partial charge in [0.15, 0.2) is 0 Å². The third kappa shape index (κ3) is 29.6. The average molecular weight is 1500 g/mol. The largest absolute Gasteiger partial charge is 0.480 e. The molecule has 0 aliphatic carbocycles. The molecule has 31 nitrogen and oxygen atoms in total. The Bertz CT molecular complexity index is 3140. The van der Waals surface area contributed by atoms with Crippen LogP contribution in [0.3, 0.4) is 0 Å². The van der Waals surface area contributed by atoms with Crippen LogP contribution in [0.25, 0.3) is 0 Å². The molecule has 2 rings (SSSR count). The Morgan fingerprint density at radius 2 is 0.896 bits per heavy atom. The second-order valence-corrected chi connectivity index (χ2v) is 30.1. The Labute approximate surface area is 625 Å². The molecule has 106 heavy (non-hydrogen) atoms. The molecule has 1 aromatic carbocycles. The van der Waals surface area contributed by atoms with Crippen LogP contribution in [-0.4, -0.2) is 201 Å². The van der Waals surface area contributed by atoms with Gasteiger partial charge >= 0.3 is 5.97 Å². The molecular weight excluding hydrogens is 1370 g/mol. The van der Waals surface area contributed by atoms with Crippen molar-refractivity contribution in [1.82, 2.24) is 68.7 Å². The van der Waals surface area contributed by atoms with E-state index in [0.717, 1.165) is 6.42 Å². The molecule has 0 radical (unpaired) electrons. The summed E-state index contributed by atoms with van der Waals surface area (Å²) in [6, 6.07) is -7.57. The van der Waals surface area contributed by atoms with E-state index in [9.17, 15) is 82.4 Å². The predicted octanol–water partition coefficient (Wildman–Crippen LogP) is 1.36. The highest BCUT2D eigenvalue weighted by atomic mass is 16.4. The normalized spacial score (nSPS) is 17.5. The predicted molar refractivity (Wildman–Crippen MR) is 399 cm³/mol. The zero-order chi connectivity index (χ0) is 80.7. The van der Waals surface area contributed by atoms with E-state index < -0.39 is 203 Å². The molecule has 1 heterocycles. The zero-order valence-electron chi connectivity index (χ0n) is 65.7. The Morgan fingerprint density at radius 1 is 0.481 bits per heavy atom. The third-order valence-corrected chi connectivity index (χ3v) is 19.0. The highest BCUT2D eigenvalue weighted by Gasteiger charge is 2.44. The molecule has 0 bridgehead atoms. The van der Waals surface area contributed by atoms with E-state index in [1.165, 1.54) is 31.7 Å². The minimum atomic E-state index is -1.74. The minimum Gasteiger partial charge on any atom is -0.480 e. The summed E-state index contributed by atoms with van der Waals surface area (Å²) in [5.74, 6) is -15.2. The van der Waals surface area contributed by atoms with Crippen molar-refractivity contribution in [2.24, 2.45) is 53.1 Å². The third-order valence-electron chi connectivity index (χ3n) is 19.0. The molecule has 0 spiro atoms. The van der Waals surface area contributed by atoms with Crippen molar-refractivity contribution < 1.29 is 82.4 Å². The number of hydrogen-bond acceptors (Lipinski definition) is 17. The number of nitrogens with one attached hydrogen (secondary N) is 12. The number of allylic oxidation sites excluding steroid dienone is 1. The topological polar surface area (TPSA) is 473 Å². The standard InChI is InChI=1S/C75H126N14O17/c1-20-44(16)59(71(101)88-62(47(19)91)73(103)86-60(45(17)21-2)70(100)81-55(40(8)9)67(97)79-51(37-48-30-24-23-25-31-48)65(95)77-49(22-3)63(93)84-58(43(14)15)75(105)106)85-64(94)50(32-27-35-76)78-66(96)52-33-28-36-89(52)74(104)57(42(12)13)83-69(99)56(41(10)11)82-72(102)61(46(18)90)87-68(98)54(39(6)7)80-53(92)34-26-29-38(4)5/h22-25,30-31,38-47,50-52,54-62,90-91H,20-21,26-29,32-37,76H2,1-19H3,(H,77,95)(H,78,96)(H,79,97)(H,80,92)(H,81,100)(H,82,102)(H,83,99)(H,84,93)(H,85,94)(H,86,103)(H,87,98)(H,88,101)(H,105,106). The number of carbonyl (C=O) groups excluding carboxylic acids is 13. The molecule has 16 unspecified atom stereocenters. The minimum absolute atomic E-state index is 0.0294. The van der Waals surface area contributed by atoms with Gasteiger partial charge in [0.25, 0.3) is 5.91 Å². The molecule has 1 saturated heterocycles. The van der Waals surface area contributed by atoms with Crippen molar-refractivity contribution in [3.8, 4) is 0 Å². The smallest absolute Gasteiger partial charge is 0.326 e. The fourth-order valence-corrected chi connectivity index (χ4v) is 11.8. The number of benzene rings is 1. The fraction of sp³-hybridized carbons (Fsp3) is 0.707. The van der Waals surface area contributed by atoms with Gasteiger partial charge < -0.3 is 89.8 Å². The summed E-state index contributed by atoms with van der Waals surface area (Å²) in [7, 11) is 0. The van der Waals surface area contributed by atoms with Gasteiger partial charge in [-0.25, -0.2) is 4.79 Å². The molecule has 1 aliphatic rings. The van der Waals surface area contributed by atoms with Crippen molar-refractivity contribution in [3.05, 3.63) is 47.7 Å². The molecule has 17 N–H and O–H groups in total. The van der Waals surface area contributed by atoms with Gasteiger partial charge in [0.2, 0.25) is 70.9 Å². The summed E-state index contributed by atoms with van der Waals surface area (Å²) in [5, 5.41) is 63.3. The number of nitrogens with two attached hydrogens (primary N) is 1. The van der Waals surface area contributed by atoms with Gasteiger partial charge in [-0.3, -0.25) is 62.3 Å². The van der Waals surface area contributed by atoms with Crippen LogP contribution in [0.4, 0.5) is 0 Å². The summed E-state index contributed by atoms with van der Waals surface area (Å²) in [6.07, 6.45) is 1.01. The molecule has 16 atom stereocenters. The van der Waals surface area contributed by atoms with Crippen LogP contribution in [0, 0.1) is 47.3 Å². The van der Waals surface area contributed by atoms with Crippen molar-refractivity contribution in [1.29, 1.82) is 0 Å². The highest BCUT2D eigenvalue weighted by molar-refractivity contribution is 6.02. The second kappa shape index (κ2) is 45.8. The maximum absolute atomic E-state index is 14.7. The lowest BCUT2D eigenvalue weighted by atomic mass is 9.95. The number of likely N-dealkylation sites (tertiary alicyclic amines) is 1. The van der Waals surface area contributed by atoms with Crippen molar-refractivity contribution in [3.63, 3.8) is 0 Å². The van der Waals surface area contributed by atoms with Crippen LogP contribution in [0.1, 0.15) is 195 Å². The molecule has 0 aromatic heterocycles. The van der Waals surface area contributed by atoms with Gasteiger partial charge in [-0.15, -0.1) is 0 Å². The number of amides is 13. The average Bonchev–Trinajstić information content (AvgIpc) is 1.54. The molecule has 598 valence electrons. The highest BCUT2D eigenvalue weighted by Crippen LogP contribution is 2.23. The van der Waals surface area contributed by atoms with E-state index in [-0.39, 0.29) is 56.8 Å². The first-order valence-electron chi connectivity index (χ1n) is 37.5. The lowest BCUT2D eigenvalue weighted by molar-refractivity contribution is -0.144. The van der Waals surface area contributed by atoms with E-state index >= 15 is 0 Å². The van der Waals surface area contributed by atoms with Crippen LogP contribution in [0.5, 0.6) is 0 Å². The lowest BCUT2D eigenvalue weighted by Gasteiger charge is -2.33. The maximum atomic E-state index is 14.7. The lowest BCUT2D eigenvalue weighted by Crippen LogP contribution is -2.63. The number of carboxylic acid groups (broad SMARTS) is 1. The van der Waals surface area contributed by atoms with Gasteiger partial charge in [0.1, 0.15) is 78.2 Å². The first kappa shape index (κ1) is 93.5. The van der Waals surface area contributed by atoms with Crippen molar-refractivity contribution >= 4 is 82.8 Å². The number of carbonyl (C=O) groups is 14. The van der Waals surface area contributed by atoms with E-state index in [4.69, 9.17) is 5.73 Å². The molecular formula is C75H126N14O17. The summed E-state index contributed by atoms with van der Waals surface area (Å²) in [4.78, 5) is 197. The summed E-state index contributed by atoms with van der Waals surface area (Å²) >= 11 is 0. The molecule has 0 saturated carbocycles. The molecule has 1 fully saturated rings. The Kier molecular flexibility index (Phi) is 40.4. The van der Waals surface area contributed by atoms with Crippen LogP contribution >= 0.6 is 0 Å². The van der Waals surface area contributed by atoms with Gasteiger partial charge in [0.05, 0.1) is 12.2 Å². The summed E-state index contributed by atoms with van der Waals surface area (Å²) in [5.41, 5.74) is 6.24. The van der Waals surface area contributed by atoms with Gasteiger partial charge in [-0.2, -0.15) is 0 Å². The first-order chi connectivity index (χ1) is 49.6. The Morgan fingerprint density at radius 3 is 1.32 bits per heavy atom. The first-order valence-corrected chi connectivity index (χ1v) is 37.5. The van der Waals surface area contributed by atoms with Gasteiger partial charge in [0, 0.05) is 19.4 Å². The number of nitrogens with zero attached hydrogens (tertiary/aromatic N) is 1. The summed E-state index contributed by atoms with van der Waals surface area (Å²) < 4.78 is 0. The van der Waals surface area contributed by atoms with Gasteiger partial charge in [-0.1, -0.05) is 166 Å². The number of aliphatic hydroxyl groups is 2. The van der Waals surface area contributed by atoms with Crippen molar-refractivity contribution in [2.45, 2.75) is 280 Å². The molecule has 13 amide bonds. The van der Waals surface area contributed by atoms with Crippen molar-refractivity contribution in [2.75, 3.05) is 13.1 Å². The number of carboxylic acids is 1. The molecule has 1 aromatic rings. The van der Waals surface area contributed by atoms with E-state index in [0.29, 0.717) is 37.2 Å². The van der Waals surface area contributed by atoms with Gasteiger partial charge in [-0.05, 0) is 112 Å². The molecule has 1 aliphatic heterocycles. The van der Waals surface area contributed by atoms with Crippen LogP contribution in [-0.2, 0) is 73.5 Å². The number of hydrogen-bond donors (Lipinski definition) is 16. The quantitative estimate of drug-likeness (QED) is 0.0410. The van der Waals surface area contributed by atoms with E-state index in [2.05, 4.69) is 63.8 Å². The fourth-order valence-electron chi connectivity index (χ4n) is 11.8. The number of rotatable bonds is 45. The monoisotopic (exact) mass is 1490 g/mol. The second-order valence-electron chi connectivity index (χ2n) is 30.1. The number of aliphatic carboxylic acids is 1. The SMILES string of the molecule is CC=C(NC(=O)C(Cc1ccccc1)NC(=O)C(NC(=O)C(NC(=O)C(NC(=O)C(NC(=O)C(CCCN)NC(=O)C1CCCN1C(=O)C(NC(=O)C(NC(=O)C(NC(=O)C(NC(=O)CCCC(C)C)C(C)C)C(C)O)C(C)C)C(C)C)C(C)CC)C(C)O)C(C)CC)C(C)C)C(=O)NC(C(=O)O)C(C)C. The number of aliphatic hydroxyl groups excluding tert-OH is 2. The Hall–Kier alpha value is -8.58. The summed E-state index contributed by atoms with van der Waals surface area (Å²) in [6.45, 7) is 31.5. The van der Waals surface area contributed by atoms with E-state index in [1.54, 1.807) is 127 Å². The Balaban J connectivity index is 2.39. The van der Waals surface area contributed by atoms with Crippen LogP contribution in [0.2, 0.25) is 0 Å². The van der Waals surface area contributed by atoms with E-state index in [1.807, 2.05) is 13.8 Å². The maximum Gasteiger partial charge on any atom is 0.326 e. The van der Waals surface area contributed by atoms with Crippen LogP contribution in [0.15, 0.2) is 42.1 Å². The zero-order valence-corrected chi connectivity index (χ0v) is 65.7. The molecule has 31 heteroatoms. The van der Waals surface area contributed by atoms with Crippen LogP contribution < -0.4 is 69.5 Å².